The molecule has 0 atom stereocenters. The van der Waals surface area contributed by atoms with Gasteiger partial charge in [-0.3, -0.25) is 14.4 Å². The molecular formula is C39H42N2O8. The van der Waals surface area contributed by atoms with Crippen molar-refractivity contribution >= 4 is 29.3 Å². The molecule has 0 fully saturated rings. The third-order valence-corrected chi connectivity index (χ3v) is 7.70. The van der Waals surface area contributed by atoms with Gasteiger partial charge in [0.15, 0.2) is 5.78 Å². The van der Waals surface area contributed by atoms with E-state index >= 15 is 0 Å². The monoisotopic (exact) mass is 666 g/mol. The number of esters is 1. The average molecular weight is 667 g/mol. The highest BCUT2D eigenvalue weighted by molar-refractivity contribution is 5.99. The molecule has 0 aromatic heterocycles. The second-order valence-electron chi connectivity index (χ2n) is 11.5. The van der Waals surface area contributed by atoms with Crippen molar-refractivity contribution in [2.24, 2.45) is 0 Å². The number of benzene rings is 4. The van der Waals surface area contributed by atoms with Crippen molar-refractivity contribution < 1.29 is 38.5 Å². The zero-order chi connectivity index (χ0) is 35.0. The Morgan fingerprint density at radius 3 is 2.08 bits per heavy atom. The van der Waals surface area contributed by atoms with Crippen LogP contribution in [0, 0.1) is 0 Å². The van der Waals surface area contributed by atoms with Gasteiger partial charge in [-0.15, -0.1) is 0 Å². The molecule has 1 amide bonds. The SMILES string of the molecule is CCCCCCCOc1ccc(C(=O)Oc2ccc(CN(CC(=O)O)C(=O)c3ccc(NCC(=O)c4cccc(OC)c4)cc3)cc2)cc1. The van der Waals surface area contributed by atoms with Crippen molar-refractivity contribution in [3.63, 3.8) is 0 Å². The molecule has 0 saturated carbocycles. The highest BCUT2D eigenvalue weighted by Gasteiger charge is 2.20. The fraction of sp³-hybridized carbons (Fsp3) is 0.282. The number of nitrogens with zero attached hydrogens (tertiary/aromatic N) is 1. The van der Waals surface area contributed by atoms with Crippen LogP contribution in [0.4, 0.5) is 5.69 Å². The lowest BCUT2D eigenvalue weighted by Gasteiger charge is -2.21. The predicted molar refractivity (Wildman–Crippen MR) is 187 cm³/mol. The van der Waals surface area contributed by atoms with E-state index in [0.717, 1.165) is 12.8 Å². The van der Waals surface area contributed by atoms with Crippen LogP contribution in [0.2, 0.25) is 0 Å². The second kappa shape index (κ2) is 18.6. The Kier molecular flexibility index (Phi) is 13.8. The minimum absolute atomic E-state index is 0.0223. The number of Topliss-reactive ketones (excluding diaryl/α,β-unsaturated/α-hetero) is 1. The number of unbranched alkanes of at least 4 members (excludes halogenated alkanes) is 4. The standard InChI is InChI=1S/C39H42N2O8/c1-3-4-5-6-7-23-48-33-21-15-30(16-22-33)39(46)49-34-19-11-28(12-20-34)26-41(27-37(43)44)38(45)29-13-17-32(18-14-29)40-25-36(42)31-9-8-10-35(24-31)47-2/h8-22,24,40H,3-7,23,25-27H2,1-2H3,(H,43,44). The summed E-state index contributed by atoms with van der Waals surface area (Å²) in [5.41, 5.74) is 2.45. The van der Waals surface area contributed by atoms with Crippen LogP contribution >= 0.6 is 0 Å². The molecule has 0 aliphatic carbocycles. The number of hydrogen-bond donors (Lipinski definition) is 2. The first-order chi connectivity index (χ1) is 23.7. The molecule has 0 aliphatic rings. The number of nitrogens with one attached hydrogen (secondary N) is 1. The number of carbonyl (C=O) groups is 4. The van der Waals surface area contributed by atoms with Gasteiger partial charge in [-0.05, 0) is 84.8 Å². The summed E-state index contributed by atoms with van der Waals surface area (Å²) < 4.78 is 16.4. The zero-order valence-corrected chi connectivity index (χ0v) is 27.9. The van der Waals surface area contributed by atoms with E-state index in [1.807, 2.05) is 0 Å². The number of ketones is 1. The van der Waals surface area contributed by atoms with Gasteiger partial charge in [0.1, 0.15) is 23.8 Å². The van der Waals surface area contributed by atoms with Gasteiger partial charge in [0.05, 0.1) is 25.8 Å². The van der Waals surface area contributed by atoms with E-state index in [9.17, 15) is 24.3 Å². The fourth-order valence-electron chi connectivity index (χ4n) is 4.99. The number of anilines is 1. The van der Waals surface area contributed by atoms with E-state index in [0.29, 0.717) is 51.8 Å². The summed E-state index contributed by atoms with van der Waals surface area (Å²) in [6.07, 6.45) is 5.76. The van der Waals surface area contributed by atoms with E-state index in [-0.39, 0.29) is 18.9 Å². The van der Waals surface area contributed by atoms with E-state index < -0.39 is 24.4 Å². The summed E-state index contributed by atoms with van der Waals surface area (Å²) >= 11 is 0. The normalized spacial score (nSPS) is 10.6. The average Bonchev–Trinajstić information content (AvgIpc) is 3.12. The number of carbonyl (C=O) groups excluding carboxylic acids is 3. The van der Waals surface area contributed by atoms with Gasteiger partial charge in [0.2, 0.25) is 0 Å². The molecule has 10 heteroatoms. The molecule has 10 nitrogen and oxygen atoms in total. The van der Waals surface area contributed by atoms with Gasteiger partial charge in [-0.2, -0.15) is 0 Å². The summed E-state index contributed by atoms with van der Waals surface area (Å²) in [7, 11) is 1.53. The Labute approximate surface area is 286 Å². The van der Waals surface area contributed by atoms with Gasteiger partial charge in [0, 0.05) is 23.4 Å². The number of amides is 1. The largest absolute Gasteiger partial charge is 0.497 e. The molecule has 2 N–H and O–H groups in total. The first-order valence-electron chi connectivity index (χ1n) is 16.3. The number of carboxylic acids is 1. The summed E-state index contributed by atoms with van der Waals surface area (Å²) in [6, 6.07) is 26.7. The summed E-state index contributed by atoms with van der Waals surface area (Å²) in [4.78, 5) is 51.4. The summed E-state index contributed by atoms with van der Waals surface area (Å²) in [5.74, 6) is -0.686. The molecule has 4 aromatic rings. The number of hydrogen-bond acceptors (Lipinski definition) is 8. The number of methoxy groups -OCH3 is 1. The van der Waals surface area contributed by atoms with Crippen molar-refractivity contribution in [1.82, 2.24) is 4.90 Å². The molecule has 49 heavy (non-hydrogen) atoms. The van der Waals surface area contributed by atoms with Gasteiger partial charge in [0.25, 0.3) is 5.91 Å². The molecule has 0 unspecified atom stereocenters. The molecular weight excluding hydrogens is 624 g/mol. The first kappa shape index (κ1) is 36.2. The van der Waals surface area contributed by atoms with Gasteiger partial charge in [-0.1, -0.05) is 56.9 Å². The Morgan fingerprint density at radius 1 is 0.735 bits per heavy atom. The molecule has 0 spiro atoms. The highest BCUT2D eigenvalue weighted by atomic mass is 16.5. The zero-order valence-electron chi connectivity index (χ0n) is 27.9. The molecule has 0 radical (unpaired) electrons. The van der Waals surface area contributed by atoms with E-state index in [1.54, 1.807) is 97.1 Å². The second-order valence-corrected chi connectivity index (χ2v) is 11.5. The van der Waals surface area contributed by atoms with Crippen molar-refractivity contribution in [2.75, 3.05) is 32.1 Å². The molecule has 0 bridgehead atoms. The van der Waals surface area contributed by atoms with Crippen LogP contribution in [-0.4, -0.2) is 60.4 Å². The lowest BCUT2D eigenvalue weighted by atomic mass is 10.1. The number of aliphatic carboxylic acids is 1. The van der Waals surface area contributed by atoms with Crippen molar-refractivity contribution in [1.29, 1.82) is 0 Å². The molecule has 256 valence electrons. The van der Waals surface area contributed by atoms with Crippen LogP contribution in [-0.2, 0) is 11.3 Å². The molecule has 0 aliphatic heterocycles. The smallest absolute Gasteiger partial charge is 0.343 e. The quantitative estimate of drug-likeness (QED) is 0.0459. The van der Waals surface area contributed by atoms with Crippen LogP contribution in [0.15, 0.2) is 97.1 Å². The maximum Gasteiger partial charge on any atom is 0.343 e. The van der Waals surface area contributed by atoms with Gasteiger partial charge in [-0.25, -0.2) is 4.79 Å². The maximum absolute atomic E-state index is 13.3. The minimum atomic E-state index is -1.16. The third-order valence-electron chi connectivity index (χ3n) is 7.70. The number of ether oxygens (including phenoxy) is 3. The van der Waals surface area contributed by atoms with Crippen molar-refractivity contribution in [3.8, 4) is 17.2 Å². The number of rotatable bonds is 19. The summed E-state index contributed by atoms with van der Waals surface area (Å²) in [5, 5.41) is 12.5. The highest BCUT2D eigenvalue weighted by Crippen LogP contribution is 2.20. The van der Waals surface area contributed by atoms with E-state index in [4.69, 9.17) is 14.2 Å². The summed E-state index contributed by atoms with van der Waals surface area (Å²) in [6.45, 7) is 2.37. The molecule has 4 rings (SSSR count). The lowest BCUT2D eigenvalue weighted by Crippen LogP contribution is -2.35. The molecule has 0 heterocycles. The topological polar surface area (TPSA) is 131 Å². The van der Waals surface area contributed by atoms with Crippen LogP contribution in [0.3, 0.4) is 0 Å². The van der Waals surface area contributed by atoms with E-state index in [2.05, 4.69) is 12.2 Å². The van der Waals surface area contributed by atoms with Crippen LogP contribution in [0.5, 0.6) is 17.2 Å². The first-order valence-corrected chi connectivity index (χ1v) is 16.3. The lowest BCUT2D eigenvalue weighted by molar-refractivity contribution is -0.137. The third kappa shape index (κ3) is 11.5. The van der Waals surface area contributed by atoms with Crippen LogP contribution in [0.25, 0.3) is 0 Å². The maximum atomic E-state index is 13.3. The van der Waals surface area contributed by atoms with Gasteiger partial charge < -0.3 is 29.5 Å². The number of carboxylic acid groups (broad SMARTS) is 1. The Morgan fingerprint density at radius 2 is 1.41 bits per heavy atom. The Balaban J connectivity index is 1.29. The van der Waals surface area contributed by atoms with E-state index in [1.165, 1.54) is 31.3 Å². The predicted octanol–water partition coefficient (Wildman–Crippen LogP) is 7.29. The Bertz CT molecular complexity index is 1690. The molecule has 0 saturated heterocycles. The fourth-order valence-corrected chi connectivity index (χ4v) is 4.99. The van der Waals surface area contributed by atoms with Gasteiger partial charge >= 0.3 is 11.9 Å². The molecule has 4 aromatic carbocycles. The van der Waals surface area contributed by atoms with Crippen LogP contribution in [0.1, 0.15) is 75.7 Å². The van der Waals surface area contributed by atoms with Crippen molar-refractivity contribution in [3.05, 3.63) is 119 Å². The minimum Gasteiger partial charge on any atom is -0.497 e. The van der Waals surface area contributed by atoms with Crippen molar-refractivity contribution in [2.45, 2.75) is 45.6 Å². The van der Waals surface area contributed by atoms with Crippen LogP contribution < -0.4 is 19.5 Å². The Hall–Kier alpha value is -5.64.